The summed E-state index contributed by atoms with van der Waals surface area (Å²) >= 11 is 0. The summed E-state index contributed by atoms with van der Waals surface area (Å²) in [6.45, 7) is 1.18. The Labute approximate surface area is 175 Å². The Morgan fingerprint density at radius 1 is 1.07 bits per heavy atom. The minimum absolute atomic E-state index is 0.0133. The van der Waals surface area contributed by atoms with Gasteiger partial charge in [0, 0.05) is 37.9 Å². The van der Waals surface area contributed by atoms with Gasteiger partial charge in [-0.15, -0.1) is 0 Å². The number of piperidine rings is 1. The molecule has 0 radical (unpaired) electrons. The van der Waals surface area contributed by atoms with Gasteiger partial charge >= 0.3 is 0 Å². The largest absolute Gasteiger partial charge is 0.365 e. The fraction of sp³-hybridized carbons (Fsp3) is 0.261. The molecule has 1 aromatic heterocycles. The molecule has 0 aliphatic carbocycles. The van der Waals surface area contributed by atoms with Crippen molar-refractivity contribution in [2.24, 2.45) is 12.8 Å². The third-order valence-corrected chi connectivity index (χ3v) is 5.43. The van der Waals surface area contributed by atoms with Gasteiger partial charge in [0.1, 0.15) is 0 Å². The maximum Gasteiger partial charge on any atom is 0.255 e. The van der Waals surface area contributed by atoms with E-state index in [-0.39, 0.29) is 11.8 Å². The molecular formula is C23H25N5O2. The molecule has 0 spiro atoms. The fourth-order valence-electron chi connectivity index (χ4n) is 4.01. The number of nitrogens with zero attached hydrogens (tertiary/aromatic N) is 3. The Hall–Kier alpha value is -3.61. The highest BCUT2D eigenvalue weighted by atomic mass is 16.2. The minimum Gasteiger partial charge on any atom is -0.365 e. The molecule has 1 saturated heterocycles. The molecule has 7 nitrogen and oxygen atoms in total. The lowest BCUT2D eigenvalue weighted by Gasteiger charge is -2.33. The lowest BCUT2D eigenvalue weighted by molar-refractivity contribution is 0.0706. The molecule has 1 unspecified atom stereocenters. The van der Waals surface area contributed by atoms with Crippen LogP contribution in [0.5, 0.6) is 0 Å². The number of nitrogens with two attached hydrogens (primary N) is 1. The second-order valence-electron chi connectivity index (χ2n) is 7.59. The van der Waals surface area contributed by atoms with Gasteiger partial charge in [-0.25, -0.2) is 0 Å². The first-order chi connectivity index (χ1) is 14.5. The van der Waals surface area contributed by atoms with Gasteiger partial charge in [0.2, 0.25) is 0 Å². The van der Waals surface area contributed by atoms with Gasteiger partial charge in [0.25, 0.3) is 11.8 Å². The average Bonchev–Trinajstić information content (AvgIpc) is 3.17. The Morgan fingerprint density at radius 3 is 2.57 bits per heavy atom. The van der Waals surface area contributed by atoms with E-state index in [4.69, 9.17) is 5.73 Å². The summed E-state index contributed by atoms with van der Waals surface area (Å²) in [7, 11) is 1.77. The predicted octanol–water partition coefficient (Wildman–Crippen LogP) is 3.28. The number of nitrogens with one attached hydrogen (secondary N) is 1. The molecule has 2 amide bonds. The Bertz CT molecular complexity index is 1060. The van der Waals surface area contributed by atoms with E-state index >= 15 is 0 Å². The number of carbonyl (C=O) groups excluding carboxylic acids is 2. The summed E-state index contributed by atoms with van der Waals surface area (Å²) in [5.41, 5.74) is 8.96. The van der Waals surface area contributed by atoms with Crippen molar-refractivity contribution in [1.82, 2.24) is 14.7 Å². The van der Waals surface area contributed by atoms with Crippen molar-refractivity contribution in [3.8, 4) is 0 Å². The summed E-state index contributed by atoms with van der Waals surface area (Å²) in [6.07, 6.45) is 3.36. The summed E-state index contributed by atoms with van der Waals surface area (Å²) in [5.74, 6) is -0.533. The number of hydrogen-bond donors (Lipinski definition) is 2. The van der Waals surface area contributed by atoms with Gasteiger partial charge in [-0.05, 0) is 37.1 Å². The number of amides is 2. The number of benzene rings is 2. The highest BCUT2D eigenvalue weighted by molar-refractivity contribution is 6.00. The number of hydrogen-bond acceptors (Lipinski definition) is 4. The Balaban J connectivity index is 1.57. The van der Waals surface area contributed by atoms with Crippen LogP contribution in [0.15, 0.2) is 60.8 Å². The molecule has 7 heteroatoms. The maximum absolute atomic E-state index is 13.4. The van der Waals surface area contributed by atoms with E-state index in [1.165, 1.54) is 0 Å². The third kappa shape index (κ3) is 4.05. The number of rotatable bonds is 5. The van der Waals surface area contributed by atoms with Gasteiger partial charge in [-0.2, -0.15) is 5.10 Å². The van der Waals surface area contributed by atoms with E-state index in [1.54, 1.807) is 17.9 Å². The summed E-state index contributed by atoms with van der Waals surface area (Å²) in [5, 5.41) is 7.80. The molecule has 2 heterocycles. The van der Waals surface area contributed by atoms with E-state index in [2.05, 4.69) is 10.4 Å². The van der Waals surface area contributed by atoms with Crippen LogP contribution in [0, 0.1) is 0 Å². The normalized spacial score (nSPS) is 16.3. The monoisotopic (exact) mass is 403 g/mol. The number of para-hydroxylation sites is 2. The zero-order valence-electron chi connectivity index (χ0n) is 16.9. The van der Waals surface area contributed by atoms with Crippen LogP contribution in [0.25, 0.3) is 0 Å². The maximum atomic E-state index is 13.4. The Kier molecular flexibility index (Phi) is 5.52. The topological polar surface area (TPSA) is 93.2 Å². The van der Waals surface area contributed by atoms with Crippen molar-refractivity contribution in [3.63, 3.8) is 0 Å². The Morgan fingerprint density at radius 2 is 1.80 bits per heavy atom. The molecular weight excluding hydrogens is 378 g/mol. The molecule has 1 aliphatic heterocycles. The van der Waals surface area contributed by atoms with Gasteiger partial charge in [-0.3, -0.25) is 14.3 Å². The second kappa shape index (κ2) is 8.41. The molecule has 4 rings (SSSR count). The van der Waals surface area contributed by atoms with Crippen molar-refractivity contribution in [3.05, 3.63) is 77.6 Å². The van der Waals surface area contributed by atoms with Crippen LogP contribution >= 0.6 is 0 Å². The van der Waals surface area contributed by atoms with Crippen LogP contribution in [0.3, 0.4) is 0 Å². The summed E-state index contributed by atoms with van der Waals surface area (Å²) < 4.78 is 1.61. The van der Waals surface area contributed by atoms with Gasteiger partial charge in [-0.1, -0.05) is 30.3 Å². The standard InChI is InChI=1S/C23H25N5O2/c1-27-15-19(22(24)29)21(26-27)16-8-7-13-28(14-16)23(30)18-11-5-6-12-20(18)25-17-9-3-2-4-10-17/h2-6,9-12,15-16,25H,7-8,13-14H2,1H3,(H2,24,29). The minimum atomic E-state index is -0.487. The quantitative estimate of drug-likeness (QED) is 0.684. The van der Waals surface area contributed by atoms with Crippen LogP contribution < -0.4 is 11.1 Å². The zero-order chi connectivity index (χ0) is 21.1. The van der Waals surface area contributed by atoms with E-state index in [0.29, 0.717) is 29.9 Å². The lowest BCUT2D eigenvalue weighted by atomic mass is 9.92. The molecule has 0 bridgehead atoms. The molecule has 1 fully saturated rings. The summed E-state index contributed by atoms with van der Waals surface area (Å²) in [4.78, 5) is 27.0. The molecule has 3 aromatic rings. The van der Waals surface area contributed by atoms with E-state index in [1.807, 2.05) is 59.5 Å². The van der Waals surface area contributed by atoms with Gasteiger partial charge < -0.3 is 16.0 Å². The van der Waals surface area contributed by atoms with Crippen molar-refractivity contribution in [2.75, 3.05) is 18.4 Å². The molecule has 30 heavy (non-hydrogen) atoms. The number of carbonyl (C=O) groups is 2. The molecule has 0 saturated carbocycles. The number of aromatic nitrogens is 2. The molecule has 2 aromatic carbocycles. The molecule has 1 atom stereocenters. The molecule has 3 N–H and O–H groups in total. The number of aryl methyl sites for hydroxylation is 1. The molecule has 1 aliphatic rings. The smallest absolute Gasteiger partial charge is 0.255 e. The SMILES string of the molecule is Cn1cc(C(N)=O)c(C2CCCN(C(=O)c3ccccc3Nc3ccccc3)C2)n1. The van der Waals surface area contributed by atoms with Gasteiger partial charge in [0.05, 0.1) is 22.5 Å². The van der Waals surface area contributed by atoms with Crippen LogP contribution in [0.2, 0.25) is 0 Å². The number of likely N-dealkylation sites (tertiary alicyclic amines) is 1. The highest BCUT2D eigenvalue weighted by Gasteiger charge is 2.30. The fourth-order valence-corrected chi connectivity index (χ4v) is 4.01. The van der Waals surface area contributed by atoms with Crippen molar-refractivity contribution in [2.45, 2.75) is 18.8 Å². The van der Waals surface area contributed by atoms with Crippen molar-refractivity contribution in [1.29, 1.82) is 0 Å². The van der Waals surface area contributed by atoms with Crippen molar-refractivity contribution >= 4 is 23.2 Å². The predicted molar refractivity (Wildman–Crippen MR) is 116 cm³/mol. The van der Waals surface area contributed by atoms with E-state index in [9.17, 15) is 9.59 Å². The zero-order valence-corrected chi connectivity index (χ0v) is 16.9. The number of anilines is 2. The van der Waals surface area contributed by atoms with E-state index in [0.717, 1.165) is 24.2 Å². The average molecular weight is 403 g/mol. The first kappa shape index (κ1) is 19.7. The van der Waals surface area contributed by atoms with Gasteiger partial charge in [0.15, 0.2) is 0 Å². The first-order valence-corrected chi connectivity index (χ1v) is 10.1. The lowest BCUT2D eigenvalue weighted by Crippen LogP contribution is -2.39. The van der Waals surface area contributed by atoms with Crippen LogP contribution in [-0.4, -0.2) is 39.6 Å². The van der Waals surface area contributed by atoms with Crippen LogP contribution in [0.1, 0.15) is 45.2 Å². The van der Waals surface area contributed by atoms with Crippen molar-refractivity contribution < 1.29 is 9.59 Å². The molecule has 154 valence electrons. The summed E-state index contributed by atoms with van der Waals surface area (Å²) in [6, 6.07) is 17.3. The van der Waals surface area contributed by atoms with E-state index < -0.39 is 5.91 Å². The van der Waals surface area contributed by atoms with Crippen LogP contribution in [0.4, 0.5) is 11.4 Å². The second-order valence-corrected chi connectivity index (χ2v) is 7.59. The highest BCUT2D eigenvalue weighted by Crippen LogP contribution is 2.30. The third-order valence-electron chi connectivity index (χ3n) is 5.43. The first-order valence-electron chi connectivity index (χ1n) is 10.1. The van der Waals surface area contributed by atoms with Crippen LogP contribution in [-0.2, 0) is 7.05 Å². The number of primary amides is 1.